The molecule has 0 saturated carbocycles. The van der Waals surface area contributed by atoms with Crippen molar-refractivity contribution in [1.82, 2.24) is 4.90 Å². The molecule has 29 heavy (non-hydrogen) atoms. The fourth-order valence-corrected chi connectivity index (χ4v) is 2.62. The summed E-state index contributed by atoms with van der Waals surface area (Å²) in [6, 6.07) is 7.30. The van der Waals surface area contributed by atoms with Crippen molar-refractivity contribution in [2.75, 3.05) is 13.7 Å². The van der Waals surface area contributed by atoms with Gasteiger partial charge in [-0.15, -0.1) is 0 Å². The van der Waals surface area contributed by atoms with Crippen molar-refractivity contribution >= 4 is 18.0 Å². The zero-order valence-electron chi connectivity index (χ0n) is 16.1. The Balaban J connectivity index is 2.20. The molecule has 4 N–H and O–H groups in total. The molecule has 0 heterocycles. The van der Waals surface area contributed by atoms with Crippen LogP contribution in [0, 0.1) is 0 Å². The molecule has 1 unspecified atom stereocenters. The summed E-state index contributed by atoms with van der Waals surface area (Å²) in [5.74, 6) is -2.29. The molecule has 154 valence electrons. The van der Waals surface area contributed by atoms with Gasteiger partial charge in [0, 0.05) is 19.5 Å². The Labute approximate surface area is 167 Å². The van der Waals surface area contributed by atoms with Crippen LogP contribution in [0.2, 0.25) is 0 Å². The Kier molecular flexibility index (Phi) is 7.08. The number of esters is 1. The fourth-order valence-electron chi connectivity index (χ4n) is 2.62. The number of hydrogen-bond acceptors (Lipinski definition) is 7. The summed E-state index contributed by atoms with van der Waals surface area (Å²) in [6.45, 7) is 1.79. The number of carbonyl (C=O) groups excluding carboxylic acids is 2. The van der Waals surface area contributed by atoms with Gasteiger partial charge in [0.25, 0.3) is 0 Å². The molecule has 0 aromatic heterocycles. The van der Waals surface area contributed by atoms with E-state index >= 15 is 0 Å². The normalized spacial score (nSPS) is 11.9. The second-order valence-corrected chi connectivity index (χ2v) is 6.33. The molecule has 2 aromatic rings. The van der Waals surface area contributed by atoms with E-state index in [4.69, 9.17) is 4.74 Å². The second kappa shape index (κ2) is 9.50. The highest BCUT2D eigenvalue weighted by molar-refractivity contribution is 5.94. The van der Waals surface area contributed by atoms with E-state index in [-0.39, 0.29) is 36.0 Å². The van der Waals surface area contributed by atoms with Crippen LogP contribution < -0.4 is 0 Å². The summed E-state index contributed by atoms with van der Waals surface area (Å²) in [4.78, 5) is 26.2. The van der Waals surface area contributed by atoms with Crippen molar-refractivity contribution in [3.63, 3.8) is 0 Å². The van der Waals surface area contributed by atoms with E-state index in [0.717, 1.165) is 0 Å². The third kappa shape index (κ3) is 5.65. The summed E-state index contributed by atoms with van der Waals surface area (Å²) in [7, 11) is 1.45. The molecule has 0 fully saturated rings. The summed E-state index contributed by atoms with van der Waals surface area (Å²) in [6.07, 6.45) is 2.74. The Morgan fingerprint density at radius 2 is 1.62 bits per heavy atom. The quantitative estimate of drug-likeness (QED) is 0.318. The van der Waals surface area contributed by atoms with Gasteiger partial charge in [-0.2, -0.15) is 0 Å². The highest BCUT2D eigenvalue weighted by Crippen LogP contribution is 2.27. The van der Waals surface area contributed by atoms with Crippen molar-refractivity contribution in [1.29, 1.82) is 0 Å². The molecule has 8 nitrogen and oxygen atoms in total. The van der Waals surface area contributed by atoms with Crippen LogP contribution in [0.25, 0.3) is 6.08 Å². The summed E-state index contributed by atoms with van der Waals surface area (Å²) >= 11 is 0. The Morgan fingerprint density at radius 3 is 2.21 bits per heavy atom. The van der Waals surface area contributed by atoms with Gasteiger partial charge in [-0.25, -0.2) is 4.79 Å². The molecule has 0 aliphatic heterocycles. The lowest BCUT2D eigenvalue weighted by atomic mass is 10.0. The number of rotatable bonds is 7. The molecule has 2 rings (SSSR count). The van der Waals surface area contributed by atoms with E-state index in [1.807, 2.05) is 0 Å². The van der Waals surface area contributed by atoms with Crippen molar-refractivity contribution in [2.24, 2.45) is 0 Å². The van der Waals surface area contributed by atoms with Crippen LogP contribution in [0.15, 0.2) is 42.5 Å². The summed E-state index contributed by atoms with van der Waals surface area (Å²) in [5, 5.41) is 38.0. The topological polar surface area (TPSA) is 128 Å². The van der Waals surface area contributed by atoms with Crippen LogP contribution in [0.1, 0.15) is 18.1 Å². The number of phenols is 4. The molecule has 1 amide bonds. The zero-order chi connectivity index (χ0) is 21.6. The molecular weight excluding hydrogens is 378 g/mol. The Bertz CT molecular complexity index is 923. The van der Waals surface area contributed by atoms with Gasteiger partial charge in [-0.3, -0.25) is 4.79 Å². The van der Waals surface area contributed by atoms with Crippen LogP contribution >= 0.6 is 0 Å². The predicted molar refractivity (Wildman–Crippen MR) is 105 cm³/mol. The average Bonchev–Trinajstić information content (AvgIpc) is 2.69. The highest BCUT2D eigenvalue weighted by Gasteiger charge is 2.27. The summed E-state index contributed by atoms with van der Waals surface area (Å²) in [5.41, 5.74) is 1.02. The maximum Gasteiger partial charge on any atom is 0.329 e. The molecular formula is C21H23NO7. The van der Waals surface area contributed by atoms with E-state index in [2.05, 4.69) is 0 Å². The van der Waals surface area contributed by atoms with Gasteiger partial charge in [0.2, 0.25) is 5.91 Å². The lowest BCUT2D eigenvalue weighted by Crippen LogP contribution is -2.44. The number of phenolic OH excluding ortho intramolecular Hbond substituents is 4. The average molecular weight is 401 g/mol. The van der Waals surface area contributed by atoms with E-state index in [1.54, 1.807) is 6.92 Å². The number of carbonyl (C=O) groups is 2. The lowest BCUT2D eigenvalue weighted by Gasteiger charge is -2.25. The lowest BCUT2D eigenvalue weighted by molar-refractivity contribution is -0.152. The molecule has 0 aliphatic carbocycles. The van der Waals surface area contributed by atoms with Crippen LogP contribution in [0.3, 0.4) is 0 Å². The van der Waals surface area contributed by atoms with Crippen molar-refractivity contribution < 1.29 is 34.8 Å². The van der Waals surface area contributed by atoms with Gasteiger partial charge >= 0.3 is 5.97 Å². The van der Waals surface area contributed by atoms with Crippen molar-refractivity contribution in [2.45, 2.75) is 19.4 Å². The van der Waals surface area contributed by atoms with Crippen molar-refractivity contribution in [3.8, 4) is 23.0 Å². The first-order valence-corrected chi connectivity index (χ1v) is 8.87. The van der Waals surface area contributed by atoms with Crippen LogP contribution in [-0.2, 0) is 20.7 Å². The largest absolute Gasteiger partial charge is 0.504 e. The predicted octanol–water partition coefficient (Wildman–Crippen LogP) is 2.16. The molecule has 8 heteroatoms. The number of nitrogens with zero attached hydrogens (tertiary/aromatic N) is 1. The number of aromatic hydroxyl groups is 4. The third-order valence-electron chi connectivity index (χ3n) is 4.26. The number of hydrogen-bond donors (Lipinski definition) is 4. The van der Waals surface area contributed by atoms with Gasteiger partial charge in [0.1, 0.15) is 6.04 Å². The van der Waals surface area contributed by atoms with E-state index < -0.39 is 17.9 Å². The van der Waals surface area contributed by atoms with Crippen molar-refractivity contribution in [3.05, 3.63) is 53.6 Å². The maximum atomic E-state index is 12.6. The molecule has 0 bridgehead atoms. The number of ether oxygens (including phenoxy) is 1. The molecule has 0 saturated heterocycles. The number of benzene rings is 2. The zero-order valence-corrected chi connectivity index (χ0v) is 16.1. The van der Waals surface area contributed by atoms with Crippen LogP contribution in [0.5, 0.6) is 23.0 Å². The van der Waals surface area contributed by atoms with Gasteiger partial charge < -0.3 is 30.1 Å². The van der Waals surface area contributed by atoms with E-state index in [1.165, 1.54) is 60.5 Å². The first-order valence-electron chi connectivity index (χ1n) is 8.87. The Morgan fingerprint density at radius 1 is 1.00 bits per heavy atom. The minimum Gasteiger partial charge on any atom is -0.504 e. The molecule has 1 atom stereocenters. The first-order chi connectivity index (χ1) is 13.7. The molecule has 0 aliphatic rings. The van der Waals surface area contributed by atoms with Gasteiger partial charge in [-0.05, 0) is 48.4 Å². The second-order valence-electron chi connectivity index (χ2n) is 6.33. The molecule has 0 spiro atoms. The first kappa shape index (κ1) is 21.6. The third-order valence-corrected chi connectivity index (χ3v) is 4.26. The standard InChI is InChI=1S/C21H23NO7/c1-3-29-21(28)15(10-14-5-8-17(24)19(26)12-14)22(2)20(27)9-6-13-4-7-16(23)18(25)11-13/h4-9,11-12,15,23-26H,3,10H2,1-2H3/b9-6+. The van der Waals surface area contributed by atoms with Gasteiger partial charge in [-0.1, -0.05) is 12.1 Å². The highest BCUT2D eigenvalue weighted by atomic mass is 16.5. The van der Waals surface area contributed by atoms with Crippen LogP contribution in [-0.4, -0.2) is 56.9 Å². The Hall–Kier alpha value is -3.68. The van der Waals surface area contributed by atoms with Gasteiger partial charge in [0.15, 0.2) is 23.0 Å². The minimum absolute atomic E-state index is 0.0722. The minimum atomic E-state index is -0.954. The molecule has 0 radical (unpaired) electrons. The van der Waals surface area contributed by atoms with E-state index in [9.17, 15) is 30.0 Å². The number of likely N-dealkylation sites (N-methyl/N-ethyl adjacent to an activating group) is 1. The fraction of sp³-hybridized carbons (Fsp3) is 0.238. The number of amides is 1. The molecule has 2 aromatic carbocycles. The van der Waals surface area contributed by atoms with E-state index in [0.29, 0.717) is 11.1 Å². The summed E-state index contributed by atoms with van der Waals surface area (Å²) < 4.78 is 5.06. The SMILES string of the molecule is CCOC(=O)C(Cc1ccc(O)c(O)c1)N(C)C(=O)/C=C/c1ccc(O)c(O)c1. The van der Waals surface area contributed by atoms with Gasteiger partial charge in [0.05, 0.1) is 6.61 Å². The monoisotopic (exact) mass is 401 g/mol. The smallest absolute Gasteiger partial charge is 0.329 e. The van der Waals surface area contributed by atoms with Crippen LogP contribution in [0.4, 0.5) is 0 Å². The maximum absolute atomic E-state index is 12.6.